The first-order valence-corrected chi connectivity index (χ1v) is 5.24. The van der Waals surface area contributed by atoms with E-state index in [-0.39, 0.29) is 6.42 Å². The van der Waals surface area contributed by atoms with Gasteiger partial charge in [-0.2, -0.15) is 0 Å². The summed E-state index contributed by atoms with van der Waals surface area (Å²) in [6.45, 7) is 0. The van der Waals surface area contributed by atoms with Gasteiger partial charge in [0.1, 0.15) is 0 Å². The highest BCUT2D eigenvalue weighted by molar-refractivity contribution is 9.09. The molecule has 0 rings (SSSR count). The summed E-state index contributed by atoms with van der Waals surface area (Å²) in [6, 6.07) is 0. The molecule has 4 heteroatoms. The lowest BCUT2D eigenvalue weighted by atomic mass is 10.1. The topological polar surface area (TPSA) is 57.5 Å². The van der Waals surface area contributed by atoms with Gasteiger partial charge in [-0.25, -0.2) is 0 Å². The van der Waals surface area contributed by atoms with Crippen LogP contribution >= 0.6 is 15.9 Å². The molecule has 1 atom stereocenters. The number of rotatable bonds is 7. The number of carboxylic acids is 1. The molecule has 0 saturated carbocycles. The molecule has 0 aromatic rings. The summed E-state index contributed by atoms with van der Waals surface area (Å²) in [4.78, 5) is 10.1. The van der Waals surface area contributed by atoms with Crippen LogP contribution in [-0.2, 0) is 4.79 Å². The minimum atomic E-state index is -0.928. The van der Waals surface area contributed by atoms with Gasteiger partial charge in [-0.3, -0.25) is 4.79 Å². The van der Waals surface area contributed by atoms with Crippen LogP contribution in [0.25, 0.3) is 0 Å². The van der Waals surface area contributed by atoms with Gasteiger partial charge in [0.25, 0.3) is 0 Å². The molecule has 0 fully saturated rings. The van der Waals surface area contributed by atoms with E-state index < -0.39 is 12.1 Å². The second-order valence-corrected chi connectivity index (χ2v) is 3.58. The molecule has 0 aliphatic rings. The summed E-state index contributed by atoms with van der Waals surface area (Å²) in [6.07, 6.45) is 2.83. The van der Waals surface area contributed by atoms with Crippen LogP contribution in [0.3, 0.4) is 0 Å². The summed E-state index contributed by atoms with van der Waals surface area (Å²) in [7, 11) is 0. The van der Waals surface area contributed by atoms with Gasteiger partial charge < -0.3 is 10.2 Å². The summed E-state index contributed by atoms with van der Waals surface area (Å²) < 4.78 is 0. The van der Waals surface area contributed by atoms with Crippen molar-refractivity contribution in [1.82, 2.24) is 0 Å². The number of hydrogen-bond acceptors (Lipinski definition) is 2. The normalized spacial score (nSPS) is 12.8. The summed E-state index contributed by atoms with van der Waals surface area (Å²) in [5.74, 6) is -0.928. The van der Waals surface area contributed by atoms with Crippen molar-refractivity contribution >= 4 is 21.9 Å². The number of aliphatic carboxylic acids is 1. The molecule has 0 aliphatic heterocycles. The number of carbonyl (C=O) groups is 1. The zero-order valence-corrected chi connectivity index (χ0v) is 8.59. The number of carboxylic acid groups (broad SMARTS) is 1. The van der Waals surface area contributed by atoms with Gasteiger partial charge in [0.05, 0.1) is 12.5 Å². The Labute approximate surface area is 80.9 Å². The maximum atomic E-state index is 10.1. The average molecular weight is 239 g/mol. The van der Waals surface area contributed by atoms with E-state index in [4.69, 9.17) is 10.2 Å². The minimum absolute atomic E-state index is 0.131. The molecule has 2 N–H and O–H groups in total. The Bertz CT molecular complexity index is 127. The molecule has 0 radical (unpaired) electrons. The Hall–Kier alpha value is -0.0900. The SMILES string of the molecule is O=C(O)CC(O)CCCCCBr. The summed E-state index contributed by atoms with van der Waals surface area (Å²) >= 11 is 3.30. The van der Waals surface area contributed by atoms with Gasteiger partial charge in [0.2, 0.25) is 0 Å². The number of halogens is 1. The van der Waals surface area contributed by atoms with Crippen LogP contribution in [0.5, 0.6) is 0 Å². The number of alkyl halides is 1. The van der Waals surface area contributed by atoms with E-state index in [1.807, 2.05) is 0 Å². The van der Waals surface area contributed by atoms with E-state index in [2.05, 4.69) is 15.9 Å². The molecule has 0 spiro atoms. The quantitative estimate of drug-likeness (QED) is 0.526. The Morgan fingerprint density at radius 3 is 2.50 bits per heavy atom. The first kappa shape index (κ1) is 11.9. The molecule has 3 nitrogen and oxygen atoms in total. The summed E-state index contributed by atoms with van der Waals surface area (Å²) in [5.41, 5.74) is 0. The predicted molar refractivity (Wildman–Crippen MR) is 50.5 cm³/mol. The number of aliphatic hydroxyl groups is 1. The van der Waals surface area contributed by atoms with Gasteiger partial charge in [-0.1, -0.05) is 28.8 Å². The molecule has 1 unspecified atom stereocenters. The van der Waals surface area contributed by atoms with Gasteiger partial charge in [0.15, 0.2) is 0 Å². The van der Waals surface area contributed by atoms with E-state index in [0.717, 1.165) is 24.6 Å². The van der Waals surface area contributed by atoms with Gasteiger partial charge in [0, 0.05) is 5.33 Å². The number of hydrogen-bond donors (Lipinski definition) is 2. The standard InChI is InChI=1S/C8H15BrO3/c9-5-3-1-2-4-7(10)6-8(11)12/h7,10H,1-6H2,(H,11,12). The Morgan fingerprint density at radius 2 is 2.00 bits per heavy atom. The molecule has 12 heavy (non-hydrogen) atoms. The molecule has 0 aromatic carbocycles. The Balaban J connectivity index is 3.19. The zero-order valence-electron chi connectivity index (χ0n) is 7.00. The molecular formula is C8H15BrO3. The molecular weight excluding hydrogens is 224 g/mol. The van der Waals surface area contributed by atoms with Crippen molar-refractivity contribution < 1.29 is 15.0 Å². The molecule has 0 aliphatic carbocycles. The van der Waals surface area contributed by atoms with Crippen LogP contribution in [-0.4, -0.2) is 27.6 Å². The van der Waals surface area contributed by atoms with Crippen LogP contribution in [0.4, 0.5) is 0 Å². The van der Waals surface area contributed by atoms with Crippen LogP contribution in [0.2, 0.25) is 0 Å². The second-order valence-electron chi connectivity index (χ2n) is 2.79. The Morgan fingerprint density at radius 1 is 1.33 bits per heavy atom. The number of aliphatic hydroxyl groups excluding tert-OH is 1. The van der Waals surface area contributed by atoms with E-state index in [1.165, 1.54) is 0 Å². The lowest BCUT2D eigenvalue weighted by Gasteiger charge is -2.06. The molecule has 0 amide bonds. The fourth-order valence-electron chi connectivity index (χ4n) is 0.955. The molecule has 72 valence electrons. The van der Waals surface area contributed by atoms with Crippen molar-refractivity contribution in [2.75, 3.05) is 5.33 Å². The molecule has 0 heterocycles. The van der Waals surface area contributed by atoms with Crippen LogP contribution < -0.4 is 0 Å². The van der Waals surface area contributed by atoms with E-state index in [0.29, 0.717) is 6.42 Å². The third-order valence-corrected chi connectivity index (χ3v) is 2.14. The highest BCUT2D eigenvalue weighted by Crippen LogP contribution is 2.07. The number of unbranched alkanes of at least 4 members (excludes halogenated alkanes) is 2. The van der Waals surface area contributed by atoms with Gasteiger partial charge in [-0.05, 0) is 12.8 Å². The Kier molecular flexibility index (Phi) is 7.50. The smallest absolute Gasteiger partial charge is 0.305 e. The third-order valence-electron chi connectivity index (χ3n) is 1.58. The molecule has 0 saturated heterocycles. The average Bonchev–Trinajstić information content (AvgIpc) is 1.97. The lowest BCUT2D eigenvalue weighted by Crippen LogP contribution is -2.12. The van der Waals surface area contributed by atoms with Crippen LogP contribution in [0.1, 0.15) is 32.1 Å². The van der Waals surface area contributed by atoms with E-state index in [1.54, 1.807) is 0 Å². The van der Waals surface area contributed by atoms with E-state index >= 15 is 0 Å². The highest BCUT2D eigenvalue weighted by Gasteiger charge is 2.07. The maximum Gasteiger partial charge on any atom is 0.305 e. The van der Waals surface area contributed by atoms with Crippen molar-refractivity contribution in [3.63, 3.8) is 0 Å². The first-order valence-electron chi connectivity index (χ1n) is 4.12. The zero-order chi connectivity index (χ0) is 9.40. The van der Waals surface area contributed by atoms with Gasteiger partial charge >= 0.3 is 5.97 Å². The largest absolute Gasteiger partial charge is 0.481 e. The second kappa shape index (κ2) is 7.55. The van der Waals surface area contributed by atoms with Crippen molar-refractivity contribution in [1.29, 1.82) is 0 Å². The third kappa shape index (κ3) is 8.01. The van der Waals surface area contributed by atoms with Crippen molar-refractivity contribution in [3.05, 3.63) is 0 Å². The van der Waals surface area contributed by atoms with Crippen molar-refractivity contribution in [2.24, 2.45) is 0 Å². The maximum absolute atomic E-state index is 10.1. The predicted octanol–water partition coefficient (Wildman–Crippen LogP) is 1.78. The van der Waals surface area contributed by atoms with Crippen LogP contribution in [0.15, 0.2) is 0 Å². The van der Waals surface area contributed by atoms with Crippen molar-refractivity contribution in [3.8, 4) is 0 Å². The van der Waals surface area contributed by atoms with Gasteiger partial charge in [-0.15, -0.1) is 0 Å². The monoisotopic (exact) mass is 238 g/mol. The first-order chi connectivity index (χ1) is 5.66. The fraction of sp³-hybridized carbons (Fsp3) is 0.875. The lowest BCUT2D eigenvalue weighted by molar-refractivity contribution is -0.139. The highest BCUT2D eigenvalue weighted by atomic mass is 79.9. The molecule has 0 bridgehead atoms. The van der Waals surface area contributed by atoms with Crippen LogP contribution in [0, 0.1) is 0 Å². The molecule has 0 aromatic heterocycles. The van der Waals surface area contributed by atoms with Crippen molar-refractivity contribution in [2.45, 2.75) is 38.2 Å². The minimum Gasteiger partial charge on any atom is -0.481 e. The summed E-state index contributed by atoms with van der Waals surface area (Å²) in [5, 5.41) is 18.4. The fourth-order valence-corrected chi connectivity index (χ4v) is 1.35. The van der Waals surface area contributed by atoms with E-state index in [9.17, 15) is 4.79 Å².